The van der Waals surface area contributed by atoms with Gasteiger partial charge in [-0.2, -0.15) is 8.42 Å². The third-order valence-corrected chi connectivity index (χ3v) is 3.39. The van der Waals surface area contributed by atoms with E-state index in [1.807, 2.05) is 0 Å². The van der Waals surface area contributed by atoms with Crippen molar-refractivity contribution in [1.82, 2.24) is 4.31 Å². The van der Waals surface area contributed by atoms with Gasteiger partial charge in [0.25, 0.3) is 10.1 Å². The third-order valence-electron chi connectivity index (χ3n) is 1.48. The first-order valence-corrected chi connectivity index (χ1v) is 7.55. The van der Waals surface area contributed by atoms with Crippen LogP contribution in [-0.2, 0) is 24.3 Å². The van der Waals surface area contributed by atoms with Gasteiger partial charge in [-0.15, -0.1) is 0 Å². The Bertz CT molecular complexity index is 358. The Balaban J connectivity index is 3.78. The smallest absolute Gasteiger partial charge is 0.264 e. The van der Waals surface area contributed by atoms with Gasteiger partial charge in [0.1, 0.15) is 0 Å². The molecule has 0 aromatic carbocycles. The summed E-state index contributed by atoms with van der Waals surface area (Å²) in [6, 6.07) is 0. The predicted molar refractivity (Wildman–Crippen MR) is 52.9 cm³/mol. The molecule has 0 fully saturated rings. The number of rotatable bonds is 6. The normalized spacial score (nSPS) is 13.4. The monoisotopic (exact) mass is 245 g/mol. The van der Waals surface area contributed by atoms with Crippen LogP contribution in [0, 0.1) is 0 Å². The Morgan fingerprint density at radius 2 is 1.64 bits per heavy atom. The summed E-state index contributed by atoms with van der Waals surface area (Å²) in [6.07, 6.45) is 2.38. The molecule has 0 bridgehead atoms. The summed E-state index contributed by atoms with van der Waals surface area (Å²) >= 11 is 0. The summed E-state index contributed by atoms with van der Waals surface area (Å²) in [5, 5.41) is 0. The van der Waals surface area contributed by atoms with E-state index in [1.54, 1.807) is 0 Å². The van der Waals surface area contributed by atoms with E-state index >= 15 is 0 Å². The largest absolute Gasteiger partial charge is 0.270 e. The first kappa shape index (κ1) is 13.8. The van der Waals surface area contributed by atoms with E-state index in [0.29, 0.717) is 6.42 Å². The zero-order chi connectivity index (χ0) is 11.4. The second-order valence-corrected chi connectivity index (χ2v) is 6.70. The highest BCUT2D eigenvalue weighted by atomic mass is 32.2. The van der Waals surface area contributed by atoms with Crippen LogP contribution in [0.1, 0.15) is 6.42 Å². The molecular weight excluding hydrogens is 230 g/mol. The molecule has 0 saturated heterocycles. The molecule has 0 aliphatic rings. The number of hydrogen-bond acceptors (Lipinski definition) is 5. The maximum atomic E-state index is 10.9. The maximum Gasteiger partial charge on any atom is 0.264 e. The van der Waals surface area contributed by atoms with Crippen molar-refractivity contribution in [1.29, 1.82) is 0 Å². The summed E-state index contributed by atoms with van der Waals surface area (Å²) in [6.45, 7) is 0.243. The van der Waals surface area contributed by atoms with Crippen molar-refractivity contribution in [3.05, 3.63) is 0 Å². The summed E-state index contributed by atoms with van der Waals surface area (Å²) in [7, 11) is -5.19. The minimum absolute atomic E-state index is 0.00130. The van der Waals surface area contributed by atoms with Crippen LogP contribution in [0.4, 0.5) is 0 Å². The number of nitrogens with zero attached hydrogens (tertiary/aromatic N) is 1. The molecule has 0 heterocycles. The predicted octanol–water partition coefficient (Wildman–Crippen LogP) is -0.756. The molecule has 0 aliphatic heterocycles. The van der Waals surface area contributed by atoms with Crippen molar-refractivity contribution >= 4 is 20.1 Å². The van der Waals surface area contributed by atoms with Crippen molar-refractivity contribution in [2.75, 3.05) is 32.7 Å². The van der Waals surface area contributed by atoms with Crippen LogP contribution in [0.3, 0.4) is 0 Å². The van der Waals surface area contributed by atoms with Crippen LogP contribution >= 0.6 is 0 Å². The molecule has 0 unspecified atom stereocenters. The fourth-order valence-corrected chi connectivity index (χ4v) is 1.54. The fourth-order valence-electron chi connectivity index (χ4n) is 0.663. The summed E-state index contributed by atoms with van der Waals surface area (Å²) in [5.74, 6) is 0. The molecular formula is C6H15NO5S2. The Hall–Kier alpha value is -0.180. The second kappa shape index (κ2) is 5.06. The van der Waals surface area contributed by atoms with Crippen LogP contribution in [0.2, 0.25) is 0 Å². The first-order valence-electron chi connectivity index (χ1n) is 3.88. The van der Waals surface area contributed by atoms with Crippen molar-refractivity contribution in [2.45, 2.75) is 6.42 Å². The Kier molecular flexibility index (Phi) is 4.99. The SMILES string of the molecule is CN(CCCOS(C)(=O)=O)S(C)(=O)=O. The number of hydrogen-bond donors (Lipinski definition) is 0. The van der Waals surface area contributed by atoms with Gasteiger partial charge in [-0.25, -0.2) is 12.7 Å². The van der Waals surface area contributed by atoms with E-state index in [4.69, 9.17) is 0 Å². The summed E-state index contributed by atoms with van der Waals surface area (Å²) in [5.41, 5.74) is 0. The molecule has 0 saturated carbocycles. The Morgan fingerprint density at radius 3 is 2.00 bits per heavy atom. The Labute approximate surface area is 85.0 Å². The lowest BCUT2D eigenvalue weighted by atomic mass is 10.5. The van der Waals surface area contributed by atoms with Gasteiger partial charge in [0.15, 0.2) is 0 Å². The lowest BCUT2D eigenvalue weighted by Gasteiger charge is -2.12. The second-order valence-electron chi connectivity index (χ2n) is 2.96. The van der Waals surface area contributed by atoms with E-state index in [2.05, 4.69) is 4.18 Å². The molecule has 0 rings (SSSR count). The van der Waals surface area contributed by atoms with Gasteiger partial charge in [-0.05, 0) is 6.42 Å². The zero-order valence-electron chi connectivity index (χ0n) is 8.43. The molecule has 8 heteroatoms. The highest BCUT2D eigenvalue weighted by Crippen LogP contribution is 1.96. The Morgan fingerprint density at radius 1 is 1.14 bits per heavy atom. The fraction of sp³-hybridized carbons (Fsp3) is 1.00. The summed E-state index contributed by atoms with van der Waals surface area (Å²) < 4.78 is 48.4. The first-order chi connectivity index (χ1) is 6.13. The van der Waals surface area contributed by atoms with E-state index < -0.39 is 20.1 Å². The van der Waals surface area contributed by atoms with E-state index in [9.17, 15) is 16.8 Å². The molecule has 6 nitrogen and oxygen atoms in total. The van der Waals surface area contributed by atoms with E-state index in [1.165, 1.54) is 7.05 Å². The molecule has 0 aromatic heterocycles. The van der Waals surface area contributed by atoms with Gasteiger partial charge < -0.3 is 0 Å². The van der Waals surface area contributed by atoms with Crippen LogP contribution in [0.5, 0.6) is 0 Å². The molecule has 14 heavy (non-hydrogen) atoms. The minimum atomic E-state index is -3.43. The van der Waals surface area contributed by atoms with Gasteiger partial charge in [0.2, 0.25) is 10.0 Å². The quantitative estimate of drug-likeness (QED) is 0.454. The van der Waals surface area contributed by atoms with Gasteiger partial charge in [-0.3, -0.25) is 4.18 Å². The van der Waals surface area contributed by atoms with Gasteiger partial charge in [0.05, 0.1) is 19.1 Å². The molecule has 86 valence electrons. The zero-order valence-corrected chi connectivity index (χ0v) is 10.1. The van der Waals surface area contributed by atoms with Crippen molar-refractivity contribution < 1.29 is 21.0 Å². The van der Waals surface area contributed by atoms with Gasteiger partial charge in [-0.1, -0.05) is 0 Å². The summed E-state index contributed by atoms with van der Waals surface area (Å²) in [4.78, 5) is 0. The van der Waals surface area contributed by atoms with Gasteiger partial charge >= 0.3 is 0 Å². The lowest BCUT2D eigenvalue weighted by Crippen LogP contribution is -2.27. The molecule has 0 amide bonds. The molecule has 0 N–H and O–H groups in total. The molecule has 0 aromatic rings. The van der Waals surface area contributed by atoms with E-state index in [0.717, 1.165) is 16.8 Å². The van der Waals surface area contributed by atoms with Crippen molar-refractivity contribution in [2.24, 2.45) is 0 Å². The van der Waals surface area contributed by atoms with Crippen LogP contribution in [0.25, 0.3) is 0 Å². The van der Waals surface area contributed by atoms with Crippen LogP contribution in [-0.4, -0.2) is 53.9 Å². The molecule has 0 aliphatic carbocycles. The van der Waals surface area contributed by atoms with Gasteiger partial charge in [0, 0.05) is 13.6 Å². The third kappa shape index (κ3) is 7.25. The topological polar surface area (TPSA) is 80.8 Å². The van der Waals surface area contributed by atoms with Crippen LogP contribution in [0.15, 0.2) is 0 Å². The highest BCUT2D eigenvalue weighted by Gasteiger charge is 2.10. The maximum absolute atomic E-state index is 10.9. The van der Waals surface area contributed by atoms with Crippen molar-refractivity contribution in [3.63, 3.8) is 0 Å². The average Bonchev–Trinajstić information content (AvgIpc) is 1.93. The molecule has 0 radical (unpaired) electrons. The van der Waals surface area contributed by atoms with Crippen LogP contribution < -0.4 is 0 Å². The molecule has 0 atom stereocenters. The highest BCUT2D eigenvalue weighted by molar-refractivity contribution is 7.88. The standard InChI is InChI=1S/C6H15NO5S2/c1-7(13(2,8)9)5-4-6-12-14(3,10)11/h4-6H2,1-3H3. The van der Waals surface area contributed by atoms with E-state index in [-0.39, 0.29) is 13.2 Å². The minimum Gasteiger partial charge on any atom is -0.270 e. The number of sulfonamides is 1. The lowest BCUT2D eigenvalue weighted by molar-refractivity contribution is 0.302. The van der Waals surface area contributed by atoms with Crippen molar-refractivity contribution in [3.8, 4) is 0 Å². The average molecular weight is 245 g/mol. The molecule has 0 spiro atoms.